The average molecular weight is 273 g/mol. The summed E-state index contributed by atoms with van der Waals surface area (Å²) in [6, 6.07) is 4.79. The molecule has 4 N–H and O–H groups in total. The van der Waals surface area contributed by atoms with Crippen molar-refractivity contribution in [3.63, 3.8) is 0 Å². The number of carbonyl (C=O) groups excluding carboxylic acids is 1. The van der Waals surface area contributed by atoms with Crippen molar-refractivity contribution in [3.05, 3.63) is 29.3 Å². The van der Waals surface area contributed by atoms with Gasteiger partial charge in [-0.25, -0.2) is 4.79 Å². The number of nitrogens with one attached hydrogen (secondary N) is 2. The third-order valence-electron chi connectivity index (χ3n) is 2.33. The van der Waals surface area contributed by atoms with Crippen LogP contribution in [0.5, 0.6) is 0 Å². The molecule has 0 saturated heterocycles. The standard InChI is InChI=1S/C15H19N3O2/c1-5-8-18-12-7-6-10(9-11(12)13(16)17)14(19)20-15(2,3)4/h1,6-7,9,18H,8H2,2-4H3,(H3,16,17). The van der Waals surface area contributed by atoms with E-state index in [9.17, 15) is 4.79 Å². The lowest BCUT2D eigenvalue weighted by atomic mass is 10.1. The summed E-state index contributed by atoms with van der Waals surface area (Å²) in [7, 11) is 0. The Morgan fingerprint density at radius 3 is 2.65 bits per heavy atom. The van der Waals surface area contributed by atoms with E-state index < -0.39 is 11.6 Å². The maximum Gasteiger partial charge on any atom is 0.338 e. The minimum Gasteiger partial charge on any atom is -0.456 e. The van der Waals surface area contributed by atoms with Crippen LogP contribution in [0.2, 0.25) is 0 Å². The van der Waals surface area contributed by atoms with Crippen LogP contribution in [0, 0.1) is 17.8 Å². The van der Waals surface area contributed by atoms with Crippen LogP contribution in [-0.2, 0) is 4.74 Å². The van der Waals surface area contributed by atoms with E-state index in [1.807, 2.05) is 0 Å². The Hall–Kier alpha value is -2.48. The molecule has 1 aromatic rings. The fourth-order valence-electron chi connectivity index (χ4n) is 1.53. The lowest BCUT2D eigenvalue weighted by molar-refractivity contribution is 0.00695. The highest BCUT2D eigenvalue weighted by molar-refractivity contribution is 6.03. The summed E-state index contributed by atoms with van der Waals surface area (Å²) in [5.41, 5.74) is 6.32. The first kappa shape index (κ1) is 15.6. The molecule has 1 rings (SSSR count). The zero-order chi connectivity index (χ0) is 15.3. The van der Waals surface area contributed by atoms with Crippen molar-refractivity contribution >= 4 is 17.5 Å². The Kier molecular flexibility index (Phi) is 4.76. The van der Waals surface area contributed by atoms with Crippen molar-refractivity contribution < 1.29 is 9.53 Å². The minimum atomic E-state index is -0.576. The molecule has 20 heavy (non-hydrogen) atoms. The second-order valence-corrected chi connectivity index (χ2v) is 5.23. The lowest BCUT2D eigenvalue weighted by Gasteiger charge is -2.20. The second-order valence-electron chi connectivity index (χ2n) is 5.23. The van der Waals surface area contributed by atoms with E-state index in [1.54, 1.807) is 32.9 Å². The molecule has 5 nitrogen and oxygen atoms in total. The largest absolute Gasteiger partial charge is 0.456 e. The summed E-state index contributed by atoms with van der Waals surface area (Å²) in [6.07, 6.45) is 5.18. The van der Waals surface area contributed by atoms with Gasteiger partial charge >= 0.3 is 5.97 Å². The number of rotatable bonds is 4. The van der Waals surface area contributed by atoms with E-state index in [-0.39, 0.29) is 5.84 Å². The monoisotopic (exact) mass is 273 g/mol. The van der Waals surface area contributed by atoms with Gasteiger partial charge in [-0.1, -0.05) is 5.92 Å². The van der Waals surface area contributed by atoms with Gasteiger partial charge in [-0.15, -0.1) is 6.42 Å². The molecule has 106 valence electrons. The zero-order valence-corrected chi connectivity index (χ0v) is 11.9. The van der Waals surface area contributed by atoms with Gasteiger partial charge in [-0.05, 0) is 39.0 Å². The van der Waals surface area contributed by atoms with Crippen LogP contribution >= 0.6 is 0 Å². The molecule has 0 radical (unpaired) electrons. The smallest absolute Gasteiger partial charge is 0.338 e. The summed E-state index contributed by atoms with van der Waals surface area (Å²) < 4.78 is 5.28. The lowest BCUT2D eigenvalue weighted by Crippen LogP contribution is -2.24. The molecule has 0 aliphatic rings. The molecule has 0 unspecified atom stereocenters. The van der Waals surface area contributed by atoms with Crippen LogP contribution in [0.4, 0.5) is 5.69 Å². The topological polar surface area (TPSA) is 88.2 Å². The Bertz CT molecular complexity index is 565. The molecule has 0 atom stereocenters. The number of hydrogen-bond acceptors (Lipinski definition) is 4. The van der Waals surface area contributed by atoms with Gasteiger partial charge in [0.05, 0.1) is 12.1 Å². The second kappa shape index (κ2) is 6.11. The Labute approximate surface area is 119 Å². The molecule has 0 spiro atoms. The highest BCUT2D eigenvalue weighted by atomic mass is 16.6. The molecule has 0 amide bonds. The minimum absolute atomic E-state index is 0.144. The van der Waals surface area contributed by atoms with E-state index in [4.69, 9.17) is 22.3 Å². The van der Waals surface area contributed by atoms with Gasteiger partial charge in [-0.3, -0.25) is 5.41 Å². The number of terminal acetylenes is 1. The highest BCUT2D eigenvalue weighted by Crippen LogP contribution is 2.19. The van der Waals surface area contributed by atoms with Gasteiger partial charge in [0, 0.05) is 11.3 Å². The maximum atomic E-state index is 12.0. The molecule has 0 aliphatic carbocycles. The van der Waals surface area contributed by atoms with Gasteiger partial charge < -0.3 is 15.8 Å². The fraction of sp³-hybridized carbons (Fsp3) is 0.333. The van der Waals surface area contributed by atoms with E-state index >= 15 is 0 Å². The van der Waals surface area contributed by atoms with E-state index in [2.05, 4.69) is 11.2 Å². The maximum absolute atomic E-state index is 12.0. The first-order valence-corrected chi connectivity index (χ1v) is 6.13. The summed E-state index contributed by atoms with van der Waals surface area (Å²) >= 11 is 0. The van der Waals surface area contributed by atoms with Gasteiger partial charge in [0.25, 0.3) is 0 Å². The first-order valence-electron chi connectivity index (χ1n) is 6.13. The fourth-order valence-corrected chi connectivity index (χ4v) is 1.53. The molecule has 0 aromatic heterocycles. The van der Waals surface area contributed by atoms with Gasteiger partial charge in [0.2, 0.25) is 0 Å². The summed E-state index contributed by atoms with van der Waals surface area (Å²) in [6.45, 7) is 5.69. The Morgan fingerprint density at radius 1 is 1.50 bits per heavy atom. The molecule has 0 bridgehead atoms. The molecular formula is C15H19N3O2. The summed E-state index contributed by atoms with van der Waals surface area (Å²) in [5, 5.41) is 10.5. The van der Waals surface area contributed by atoms with Gasteiger partial charge in [-0.2, -0.15) is 0 Å². The summed E-state index contributed by atoms with van der Waals surface area (Å²) in [4.78, 5) is 12.0. The molecule has 0 fully saturated rings. The molecule has 5 heteroatoms. The third-order valence-corrected chi connectivity index (χ3v) is 2.33. The van der Waals surface area contributed by atoms with Crippen LogP contribution in [0.1, 0.15) is 36.7 Å². The highest BCUT2D eigenvalue weighted by Gasteiger charge is 2.19. The number of nitrogen functional groups attached to an aromatic ring is 1. The molecule has 1 aromatic carbocycles. The molecular weight excluding hydrogens is 254 g/mol. The Balaban J connectivity index is 3.07. The van der Waals surface area contributed by atoms with Crippen molar-refractivity contribution in [2.75, 3.05) is 11.9 Å². The third kappa shape index (κ3) is 4.32. The molecule has 0 heterocycles. The zero-order valence-electron chi connectivity index (χ0n) is 11.9. The van der Waals surface area contributed by atoms with Crippen molar-refractivity contribution in [2.24, 2.45) is 5.73 Å². The van der Waals surface area contributed by atoms with E-state index in [0.717, 1.165) is 0 Å². The van der Waals surface area contributed by atoms with Gasteiger partial charge in [0.1, 0.15) is 11.4 Å². The normalized spacial score (nSPS) is 10.5. The number of carbonyl (C=O) groups is 1. The van der Waals surface area contributed by atoms with Crippen LogP contribution in [-0.4, -0.2) is 24.0 Å². The summed E-state index contributed by atoms with van der Waals surface area (Å²) in [5.74, 6) is 1.84. The number of nitrogens with two attached hydrogens (primary N) is 1. The number of benzene rings is 1. The van der Waals surface area contributed by atoms with E-state index in [1.165, 1.54) is 6.07 Å². The molecule has 0 saturated carbocycles. The number of amidine groups is 1. The number of ether oxygens (including phenoxy) is 1. The number of anilines is 1. The van der Waals surface area contributed by atoms with Crippen LogP contribution in [0.15, 0.2) is 18.2 Å². The number of esters is 1. The van der Waals surface area contributed by atoms with Crippen LogP contribution in [0.25, 0.3) is 0 Å². The average Bonchev–Trinajstić information content (AvgIpc) is 2.33. The predicted molar refractivity (Wildman–Crippen MR) is 79.9 cm³/mol. The van der Waals surface area contributed by atoms with Gasteiger partial charge in [0.15, 0.2) is 0 Å². The quantitative estimate of drug-likeness (QED) is 0.339. The van der Waals surface area contributed by atoms with E-state index in [0.29, 0.717) is 23.4 Å². The predicted octanol–water partition coefficient (Wildman–Crippen LogP) is 1.97. The van der Waals surface area contributed by atoms with Crippen molar-refractivity contribution in [1.82, 2.24) is 0 Å². The van der Waals surface area contributed by atoms with Crippen LogP contribution < -0.4 is 11.1 Å². The first-order chi connectivity index (χ1) is 9.24. The Morgan fingerprint density at radius 2 is 2.15 bits per heavy atom. The van der Waals surface area contributed by atoms with Crippen molar-refractivity contribution in [1.29, 1.82) is 5.41 Å². The van der Waals surface area contributed by atoms with Crippen molar-refractivity contribution in [3.8, 4) is 12.3 Å². The van der Waals surface area contributed by atoms with Crippen LogP contribution in [0.3, 0.4) is 0 Å². The SMILES string of the molecule is C#CCNc1ccc(C(=O)OC(C)(C)C)cc1C(=N)N. The number of hydrogen-bond donors (Lipinski definition) is 3. The molecule has 0 aliphatic heterocycles. The van der Waals surface area contributed by atoms with Crippen molar-refractivity contribution in [2.45, 2.75) is 26.4 Å².